The average Bonchev–Trinajstić information content (AvgIpc) is 2.25. The maximum Gasteiger partial charge on any atom is 0.245 e. The molecule has 0 bridgehead atoms. The maximum absolute atomic E-state index is 11.7. The quantitative estimate of drug-likeness (QED) is 0.587. The summed E-state index contributed by atoms with van der Waals surface area (Å²) in [5.41, 5.74) is -0.516. The maximum atomic E-state index is 11.7. The van der Waals surface area contributed by atoms with Gasteiger partial charge in [0.1, 0.15) is 4.90 Å². The Hall–Kier alpha value is -1.40. The molecule has 1 aromatic rings. The fraction of sp³-hybridized carbons (Fsp3) is 0.300. The number of rotatable bonds is 5. The third-order valence-electron chi connectivity index (χ3n) is 1.92. The van der Waals surface area contributed by atoms with Gasteiger partial charge in [-0.2, -0.15) is 0 Å². The molecule has 0 unspecified atom stereocenters. The van der Waals surface area contributed by atoms with Crippen LogP contribution in [-0.4, -0.2) is 19.9 Å². The van der Waals surface area contributed by atoms with Gasteiger partial charge in [0.25, 0.3) is 0 Å². The monoisotopic (exact) mass is 242 g/mol. The van der Waals surface area contributed by atoms with E-state index in [-0.39, 0.29) is 11.4 Å². The molecule has 0 aliphatic carbocycles. The molecule has 16 heavy (non-hydrogen) atoms. The molecule has 1 rings (SSSR count). The Kier molecular flexibility index (Phi) is 4.45. The highest BCUT2D eigenvalue weighted by atomic mass is 32.2. The molecule has 6 heteroatoms. The molecule has 0 amide bonds. The Bertz CT molecular complexity index is 517. The van der Waals surface area contributed by atoms with Gasteiger partial charge in [0.2, 0.25) is 15.5 Å². The minimum absolute atomic E-state index is 0.254. The summed E-state index contributed by atoms with van der Waals surface area (Å²) in [6.07, 6.45) is 6.85. The van der Waals surface area contributed by atoms with Gasteiger partial charge < -0.3 is 4.98 Å². The topological polar surface area (TPSA) is 79.0 Å². The van der Waals surface area contributed by atoms with Crippen LogP contribution in [0.4, 0.5) is 0 Å². The highest BCUT2D eigenvalue weighted by Crippen LogP contribution is 1.99. The second-order valence-electron chi connectivity index (χ2n) is 3.13. The van der Waals surface area contributed by atoms with Crippen LogP contribution in [0.25, 0.3) is 0 Å². The highest BCUT2D eigenvalue weighted by Gasteiger charge is 2.16. The van der Waals surface area contributed by atoms with E-state index in [2.05, 4.69) is 9.71 Å². The Morgan fingerprint density at radius 1 is 1.50 bits per heavy atom. The van der Waals surface area contributed by atoms with Crippen molar-refractivity contribution in [3.63, 3.8) is 0 Å². The van der Waals surface area contributed by atoms with Gasteiger partial charge in [-0.3, -0.25) is 4.79 Å². The highest BCUT2D eigenvalue weighted by molar-refractivity contribution is 7.89. The molecule has 1 aromatic heterocycles. The summed E-state index contributed by atoms with van der Waals surface area (Å²) >= 11 is 0. The fourth-order valence-corrected chi connectivity index (χ4v) is 2.23. The van der Waals surface area contributed by atoms with Crippen molar-refractivity contribution in [1.29, 1.82) is 0 Å². The third-order valence-corrected chi connectivity index (χ3v) is 3.40. The Morgan fingerprint density at radius 3 is 2.88 bits per heavy atom. The van der Waals surface area contributed by atoms with E-state index in [1.54, 1.807) is 0 Å². The van der Waals surface area contributed by atoms with Crippen LogP contribution in [0.15, 0.2) is 40.3 Å². The zero-order valence-corrected chi connectivity index (χ0v) is 9.75. The van der Waals surface area contributed by atoms with Crippen LogP contribution in [0, 0.1) is 0 Å². The lowest BCUT2D eigenvalue weighted by molar-refractivity contribution is 0.581. The SMILES string of the molecule is C/C=C/CCNS(=O)(=O)c1c[nH]ccc1=O. The summed E-state index contributed by atoms with van der Waals surface area (Å²) in [6.45, 7) is 2.14. The first-order chi connectivity index (χ1) is 7.58. The van der Waals surface area contributed by atoms with Gasteiger partial charge in [0.15, 0.2) is 0 Å². The Labute approximate surface area is 94.3 Å². The molecule has 1 heterocycles. The summed E-state index contributed by atoms with van der Waals surface area (Å²) in [4.78, 5) is 13.6. The van der Waals surface area contributed by atoms with Crippen molar-refractivity contribution >= 4 is 10.0 Å². The molecule has 0 fully saturated rings. The largest absolute Gasteiger partial charge is 0.366 e. The third kappa shape index (κ3) is 3.32. The Morgan fingerprint density at radius 2 is 2.25 bits per heavy atom. The summed E-state index contributed by atoms with van der Waals surface area (Å²) in [6, 6.07) is 1.18. The van der Waals surface area contributed by atoms with Crippen LogP contribution in [0.1, 0.15) is 13.3 Å². The van der Waals surface area contributed by atoms with E-state index in [1.807, 2.05) is 19.1 Å². The number of hydrogen-bond donors (Lipinski definition) is 2. The first kappa shape index (κ1) is 12.7. The van der Waals surface area contributed by atoms with Crippen molar-refractivity contribution < 1.29 is 8.42 Å². The van der Waals surface area contributed by atoms with Gasteiger partial charge >= 0.3 is 0 Å². The lowest BCUT2D eigenvalue weighted by Gasteiger charge is -2.03. The van der Waals surface area contributed by atoms with Gasteiger partial charge in [0.05, 0.1) is 0 Å². The fourth-order valence-electron chi connectivity index (χ4n) is 1.13. The molecular formula is C10H14N2O3S. The van der Waals surface area contributed by atoms with E-state index in [9.17, 15) is 13.2 Å². The lowest BCUT2D eigenvalue weighted by Crippen LogP contribution is -2.28. The number of H-pyrrole nitrogens is 1. The van der Waals surface area contributed by atoms with Gasteiger partial charge in [-0.1, -0.05) is 12.2 Å². The minimum Gasteiger partial charge on any atom is -0.366 e. The molecule has 0 aliphatic heterocycles. The summed E-state index contributed by atoms with van der Waals surface area (Å²) in [7, 11) is -3.70. The van der Waals surface area contributed by atoms with Gasteiger partial charge in [-0.25, -0.2) is 13.1 Å². The van der Waals surface area contributed by atoms with Crippen LogP contribution in [-0.2, 0) is 10.0 Å². The molecule has 0 atom stereocenters. The average molecular weight is 242 g/mol. The van der Waals surface area contributed by atoms with Crippen LogP contribution in [0.2, 0.25) is 0 Å². The summed E-state index contributed by atoms with van der Waals surface area (Å²) in [5, 5.41) is 0. The van der Waals surface area contributed by atoms with Crippen molar-refractivity contribution in [3.05, 3.63) is 40.8 Å². The van der Waals surface area contributed by atoms with E-state index >= 15 is 0 Å². The standard InChI is InChI=1S/C10H14N2O3S/c1-2-3-4-6-12-16(14,15)10-8-11-7-5-9(10)13/h2-3,5,7-8,12H,4,6H2,1H3,(H,11,13)/b3-2+. The smallest absolute Gasteiger partial charge is 0.245 e. The Balaban J connectivity index is 2.79. The first-order valence-electron chi connectivity index (χ1n) is 4.86. The number of pyridine rings is 1. The molecule has 2 N–H and O–H groups in total. The second kappa shape index (κ2) is 5.62. The van der Waals surface area contributed by atoms with Crippen molar-refractivity contribution in [3.8, 4) is 0 Å². The molecule has 0 spiro atoms. The molecule has 0 saturated carbocycles. The van der Waals surface area contributed by atoms with Crippen molar-refractivity contribution in [2.24, 2.45) is 0 Å². The zero-order valence-electron chi connectivity index (χ0n) is 8.93. The summed E-state index contributed by atoms with van der Waals surface area (Å²) in [5.74, 6) is 0. The molecule has 0 aromatic carbocycles. The van der Waals surface area contributed by atoms with Gasteiger partial charge in [-0.15, -0.1) is 0 Å². The summed E-state index contributed by atoms with van der Waals surface area (Å²) < 4.78 is 25.7. The number of aromatic amines is 1. The van der Waals surface area contributed by atoms with E-state index in [0.29, 0.717) is 6.42 Å². The van der Waals surface area contributed by atoms with E-state index in [4.69, 9.17) is 0 Å². The van der Waals surface area contributed by atoms with Crippen LogP contribution < -0.4 is 10.2 Å². The van der Waals surface area contributed by atoms with Gasteiger partial charge in [0, 0.05) is 25.0 Å². The first-order valence-corrected chi connectivity index (χ1v) is 6.34. The second-order valence-corrected chi connectivity index (χ2v) is 4.86. The van der Waals surface area contributed by atoms with Crippen molar-refractivity contribution in [2.45, 2.75) is 18.2 Å². The lowest BCUT2D eigenvalue weighted by atomic mass is 10.4. The molecule has 0 aliphatic rings. The predicted octanol–water partition coefficient (Wildman–Crippen LogP) is 0.619. The molecule has 88 valence electrons. The molecular weight excluding hydrogens is 228 g/mol. The molecule has 0 saturated heterocycles. The van der Waals surface area contributed by atoms with Crippen molar-refractivity contribution in [1.82, 2.24) is 9.71 Å². The van der Waals surface area contributed by atoms with E-state index < -0.39 is 15.5 Å². The number of nitrogens with one attached hydrogen (secondary N) is 2. The number of hydrogen-bond acceptors (Lipinski definition) is 3. The molecule has 5 nitrogen and oxygen atoms in total. The van der Waals surface area contributed by atoms with Crippen LogP contribution in [0.3, 0.4) is 0 Å². The van der Waals surface area contributed by atoms with Gasteiger partial charge in [-0.05, 0) is 13.3 Å². The normalized spacial score (nSPS) is 12.1. The van der Waals surface area contributed by atoms with Crippen molar-refractivity contribution in [2.75, 3.05) is 6.54 Å². The van der Waals surface area contributed by atoms with E-state index in [1.165, 1.54) is 18.5 Å². The minimum atomic E-state index is -3.70. The number of allylic oxidation sites excluding steroid dienone is 1. The van der Waals surface area contributed by atoms with E-state index in [0.717, 1.165) is 0 Å². The van der Waals surface area contributed by atoms with Crippen LogP contribution >= 0.6 is 0 Å². The van der Waals surface area contributed by atoms with Crippen LogP contribution in [0.5, 0.6) is 0 Å². The number of aromatic nitrogens is 1. The zero-order chi connectivity index (χ0) is 12.0. The molecule has 0 radical (unpaired) electrons. The predicted molar refractivity (Wildman–Crippen MR) is 61.7 cm³/mol. The number of sulfonamides is 1.